The lowest BCUT2D eigenvalue weighted by Crippen LogP contribution is -2.56. The summed E-state index contributed by atoms with van der Waals surface area (Å²) < 4.78 is 5.34. The van der Waals surface area contributed by atoms with Gasteiger partial charge in [-0.15, -0.1) is 0 Å². The predicted octanol–water partition coefficient (Wildman–Crippen LogP) is 5.66. The molecule has 4 heteroatoms. The predicted molar refractivity (Wildman–Crippen MR) is 127 cm³/mol. The van der Waals surface area contributed by atoms with Crippen molar-refractivity contribution >= 4 is 11.6 Å². The van der Waals surface area contributed by atoms with Gasteiger partial charge in [0, 0.05) is 18.7 Å². The highest BCUT2D eigenvalue weighted by Crippen LogP contribution is 2.63. The van der Waals surface area contributed by atoms with Crippen molar-refractivity contribution in [2.75, 3.05) is 19.0 Å². The summed E-state index contributed by atoms with van der Waals surface area (Å²) in [7, 11) is 1.70. The third-order valence-electron chi connectivity index (χ3n) is 10.1. The molecule has 1 amide bonds. The van der Waals surface area contributed by atoms with E-state index in [4.69, 9.17) is 4.74 Å². The van der Waals surface area contributed by atoms with Crippen LogP contribution in [-0.4, -0.2) is 30.3 Å². The first kappa shape index (κ1) is 22.4. The number of hydrogen-bond donors (Lipinski definition) is 2. The Morgan fingerprint density at radius 3 is 2.59 bits per heavy atom. The van der Waals surface area contributed by atoms with E-state index in [9.17, 15) is 9.90 Å². The first-order valence-electron chi connectivity index (χ1n) is 13.0. The van der Waals surface area contributed by atoms with Gasteiger partial charge >= 0.3 is 0 Å². The van der Waals surface area contributed by atoms with Crippen LogP contribution in [0.5, 0.6) is 0 Å². The molecule has 5 rings (SSSR count). The summed E-state index contributed by atoms with van der Waals surface area (Å²) in [5, 5.41) is 14.2. The zero-order valence-electron chi connectivity index (χ0n) is 19.9. The Bertz CT molecular complexity index is 812. The van der Waals surface area contributed by atoms with E-state index < -0.39 is 5.60 Å². The van der Waals surface area contributed by atoms with Crippen molar-refractivity contribution in [3.63, 3.8) is 0 Å². The average molecular weight is 440 g/mol. The Labute approximate surface area is 193 Å². The minimum Gasteiger partial charge on any atom is -0.387 e. The zero-order chi connectivity index (χ0) is 22.3. The van der Waals surface area contributed by atoms with Gasteiger partial charge in [0.05, 0.1) is 12.2 Å². The first-order valence-corrected chi connectivity index (χ1v) is 13.0. The summed E-state index contributed by atoms with van der Waals surface area (Å²) in [5.74, 6) is 3.98. The summed E-state index contributed by atoms with van der Waals surface area (Å²) in [6.07, 6.45) is 11.4. The zero-order valence-corrected chi connectivity index (χ0v) is 19.9. The van der Waals surface area contributed by atoms with E-state index in [-0.39, 0.29) is 17.2 Å². The molecule has 4 aliphatic rings. The molecule has 0 spiro atoms. The minimum atomic E-state index is -0.614. The number of carbonyl (C=O) groups is 1. The molecule has 2 N–H and O–H groups in total. The first-order chi connectivity index (χ1) is 15.4. The lowest BCUT2D eigenvalue weighted by Gasteiger charge is -2.60. The normalized spacial score (nSPS) is 43.5. The molecule has 0 saturated heterocycles. The van der Waals surface area contributed by atoms with Gasteiger partial charge < -0.3 is 15.2 Å². The van der Waals surface area contributed by atoms with Gasteiger partial charge in [-0.05, 0) is 105 Å². The van der Waals surface area contributed by atoms with Crippen molar-refractivity contribution in [3.05, 3.63) is 30.3 Å². The Morgan fingerprint density at radius 2 is 1.81 bits per heavy atom. The lowest BCUT2D eigenvalue weighted by molar-refractivity contribution is -0.150. The molecule has 0 aromatic heterocycles. The van der Waals surface area contributed by atoms with Gasteiger partial charge in [-0.1, -0.05) is 31.5 Å². The lowest BCUT2D eigenvalue weighted by atomic mass is 9.45. The topological polar surface area (TPSA) is 58.6 Å². The smallest absolute Gasteiger partial charge is 0.228 e. The van der Waals surface area contributed by atoms with Crippen LogP contribution in [0.4, 0.5) is 5.69 Å². The standard InChI is InChI=1S/C28H41NO3/c1-27-15-13-22-21-14-16-28(31,18-32-2)17-19(21)11-12-23(22)24(27)9-6-10-25(27)26(30)29-20-7-4-3-5-8-20/h3-5,7-8,19,21-25,31H,6,9-18H2,1-2H3,(H,29,30)/t19-,21-,22+,23+,24-,25+,27-,28+/m0/s1. The number of carbonyl (C=O) groups excluding carboxylic acids is 1. The molecule has 176 valence electrons. The summed E-state index contributed by atoms with van der Waals surface area (Å²) in [6, 6.07) is 9.96. The number of para-hydroxylation sites is 1. The number of rotatable bonds is 4. The molecule has 0 heterocycles. The maximum Gasteiger partial charge on any atom is 0.228 e. The van der Waals surface area contributed by atoms with Crippen LogP contribution in [0.25, 0.3) is 0 Å². The van der Waals surface area contributed by atoms with Crippen molar-refractivity contribution in [1.82, 2.24) is 0 Å². The van der Waals surface area contributed by atoms with Gasteiger partial charge in [0.2, 0.25) is 5.91 Å². The molecule has 1 aromatic carbocycles. The average Bonchev–Trinajstić information content (AvgIpc) is 2.78. The number of ether oxygens (including phenoxy) is 1. The van der Waals surface area contributed by atoms with E-state index in [0.717, 1.165) is 49.1 Å². The number of methoxy groups -OCH3 is 1. The molecule has 0 radical (unpaired) electrons. The fourth-order valence-corrected chi connectivity index (χ4v) is 8.74. The summed E-state index contributed by atoms with van der Waals surface area (Å²) in [4.78, 5) is 13.4. The molecule has 4 fully saturated rings. The van der Waals surface area contributed by atoms with Gasteiger partial charge in [0.1, 0.15) is 0 Å². The molecular weight excluding hydrogens is 398 g/mol. The van der Waals surface area contributed by atoms with Gasteiger partial charge in [-0.3, -0.25) is 4.79 Å². The second kappa shape index (κ2) is 8.76. The summed E-state index contributed by atoms with van der Waals surface area (Å²) >= 11 is 0. The van der Waals surface area contributed by atoms with Gasteiger partial charge in [-0.25, -0.2) is 0 Å². The van der Waals surface area contributed by atoms with Crippen LogP contribution in [0, 0.1) is 40.9 Å². The molecule has 4 aliphatic carbocycles. The molecule has 4 nitrogen and oxygen atoms in total. The van der Waals surface area contributed by atoms with E-state index >= 15 is 0 Å². The van der Waals surface area contributed by atoms with E-state index in [2.05, 4.69) is 12.2 Å². The number of fused-ring (bicyclic) bond motifs is 5. The van der Waals surface area contributed by atoms with Crippen LogP contribution in [-0.2, 0) is 9.53 Å². The van der Waals surface area contributed by atoms with Crippen LogP contribution < -0.4 is 5.32 Å². The molecule has 0 bridgehead atoms. The number of benzene rings is 1. The summed E-state index contributed by atoms with van der Waals surface area (Å²) in [5.41, 5.74) is 0.428. The molecular formula is C28H41NO3. The molecule has 4 saturated carbocycles. The van der Waals surface area contributed by atoms with E-state index in [1.807, 2.05) is 30.3 Å². The van der Waals surface area contributed by atoms with Crippen molar-refractivity contribution in [3.8, 4) is 0 Å². The maximum absolute atomic E-state index is 13.4. The number of amides is 1. The highest BCUT2D eigenvalue weighted by Gasteiger charge is 2.57. The van der Waals surface area contributed by atoms with Gasteiger partial charge in [-0.2, -0.15) is 0 Å². The Kier molecular flexibility index (Phi) is 6.13. The number of hydrogen-bond acceptors (Lipinski definition) is 3. The second-order valence-electron chi connectivity index (χ2n) is 11.7. The third kappa shape index (κ3) is 3.92. The SMILES string of the molecule is COC[C@@]1(O)CC[C@H]2[C@@H](CC[C@@H]3[C@@H]2CC[C@]2(C)[C@@H](C(=O)Nc4ccccc4)CCC[C@@H]32)C1. The molecule has 0 unspecified atom stereocenters. The largest absolute Gasteiger partial charge is 0.387 e. The van der Waals surface area contributed by atoms with Crippen LogP contribution in [0.2, 0.25) is 0 Å². The number of nitrogens with one attached hydrogen (secondary N) is 1. The Balaban J connectivity index is 1.31. The monoisotopic (exact) mass is 439 g/mol. The highest BCUT2D eigenvalue weighted by atomic mass is 16.5. The third-order valence-corrected chi connectivity index (χ3v) is 10.1. The van der Waals surface area contributed by atoms with Crippen LogP contribution >= 0.6 is 0 Å². The van der Waals surface area contributed by atoms with Crippen molar-refractivity contribution in [2.24, 2.45) is 40.9 Å². The van der Waals surface area contributed by atoms with E-state index in [1.165, 1.54) is 38.5 Å². The summed E-state index contributed by atoms with van der Waals surface area (Å²) in [6.45, 7) is 2.91. The van der Waals surface area contributed by atoms with Crippen molar-refractivity contribution in [2.45, 2.75) is 76.7 Å². The van der Waals surface area contributed by atoms with Crippen molar-refractivity contribution < 1.29 is 14.6 Å². The van der Waals surface area contributed by atoms with E-state index in [0.29, 0.717) is 18.4 Å². The van der Waals surface area contributed by atoms with Crippen molar-refractivity contribution in [1.29, 1.82) is 0 Å². The Morgan fingerprint density at radius 1 is 1.03 bits per heavy atom. The quantitative estimate of drug-likeness (QED) is 0.636. The van der Waals surface area contributed by atoms with Gasteiger partial charge in [0.25, 0.3) is 0 Å². The van der Waals surface area contributed by atoms with Crippen LogP contribution in [0.3, 0.4) is 0 Å². The molecule has 1 aromatic rings. The number of anilines is 1. The minimum absolute atomic E-state index is 0.122. The Hall–Kier alpha value is -1.39. The number of aliphatic hydroxyl groups is 1. The van der Waals surface area contributed by atoms with E-state index in [1.54, 1.807) is 7.11 Å². The van der Waals surface area contributed by atoms with Gasteiger partial charge in [0.15, 0.2) is 0 Å². The fourth-order valence-electron chi connectivity index (χ4n) is 8.74. The molecule has 8 atom stereocenters. The van der Waals surface area contributed by atoms with Crippen LogP contribution in [0.1, 0.15) is 71.1 Å². The molecule has 0 aliphatic heterocycles. The van der Waals surface area contributed by atoms with Crippen LogP contribution in [0.15, 0.2) is 30.3 Å². The maximum atomic E-state index is 13.4. The second-order valence-corrected chi connectivity index (χ2v) is 11.7. The highest BCUT2D eigenvalue weighted by molar-refractivity contribution is 5.93. The fraction of sp³-hybridized carbons (Fsp3) is 0.750. The molecule has 32 heavy (non-hydrogen) atoms.